The van der Waals surface area contributed by atoms with Gasteiger partial charge in [-0.15, -0.1) is 0 Å². The van der Waals surface area contributed by atoms with Crippen molar-refractivity contribution in [3.05, 3.63) is 53.9 Å². The molecule has 2 aromatic carbocycles. The zero-order valence-electron chi connectivity index (χ0n) is 16.6. The van der Waals surface area contributed by atoms with E-state index in [0.29, 0.717) is 6.54 Å². The SMILES string of the molecule is CN=C(NCCCc1nc2ccccc2[nH]1)NCc1ccc(OC)c(OC)c1. The van der Waals surface area contributed by atoms with Crippen molar-refractivity contribution in [1.29, 1.82) is 0 Å². The van der Waals surface area contributed by atoms with Crippen LogP contribution in [-0.4, -0.2) is 43.7 Å². The Bertz CT molecular complexity index is 902. The molecule has 0 bridgehead atoms. The van der Waals surface area contributed by atoms with Gasteiger partial charge in [-0.2, -0.15) is 0 Å². The van der Waals surface area contributed by atoms with Crippen LogP contribution >= 0.6 is 0 Å². The number of rotatable bonds is 8. The van der Waals surface area contributed by atoms with Gasteiger partial charge in [-0.3, -0.25) is 4.99 Å². The van der Waals surface area contributed by atoms with Crippen molar-refractivity contribution < 1.29 is 9.47 Å². The van der Waals surface area contributed by atoms with Crippen molar-refractivity contribution in [2.75, 3.05) is 27.8 Å². The molecule has 1 aromatic heterocycles. The Balaban J connectivity index is 1.44. The summed E-state index contributed by atoms with van der Waals surface area (Å²) in [5.41, 5.74) is 3.18. The van der Waals surface area contributed by atoms with E-state index in [4.69, 9.17) is 9.47 Å². The monoisotopic (exact) mass is 381 g/mol. The highest BCUT2D eigenvalue weighted by Crippen LogP contribution is 2.27. The number of ether oxygens (including phenoxy) is 2. The Morgan fingerprint density at radius 2 is 1.89 bits per heavy atom. The van der Waals surface area contributed by atoms with Crippen molar-refractivity contribution >= 4 is 17.0 Å². The Morgan fingerprint density at radius 1 is 1.07 bits per heavy atom. The number of imidazole rings is 1. The summed E-state index contributed by atoms with van der Waals surface area (Å²) in [5.74, 6) is 3.21. The highest BCUT2D eigenvalue weighted by Gasteiger charge is 2.06. The maximum Gasteiger partial charge on any atom is 0.191 e. The van der Waals surface area contributed by atoms with Gasteiger partial charge in [-0.1, -0.05) is 18.2 Å². The lowest BCUT2D eigenvalue weighted by atomic mass is 10.2. The number of guanidine groups is 1. The Morgan fingerprint density at radius 3 is 2.64 bits per heavy atom. The Labute approximate surface area is 165 Å². The van der Waals surface area contributed by atoms with Gasteiger partial charge in [-0.25, -0.2) is 4.98 Å². The average Bonchev–Trinajstić information content (AvgIpc) is 3.15. The summed E-state index contributed by atoms with van der Waals surface area (Å²) in [4.78, 5) is 12.2. The maximum absolute atomic E-state index is 5.35. The minimum Gasteiger partial charge on any atom is -0.493 e. The van der Waals surface area contributed by atoms with Gasteiger partial charge < -0.3 is 25.1 Å². The minimum absolute atomic E-state index is 0.642. The smallest absolute Gasteiger partial charge is 0.191 e. The van der Waals surface area contributed by atoms with Crippen molar-refractivity contribution in [3.8, 4) is 11.5 Å². The number of aromatic amines is 1. The molecule has 0 aliphatic heterocycles. The first-order valence-electron chi connectivity index (χ1n) is 9.32. The van der Waals surface area contributed by atoms with Crippen LogP contribution in [-0.2, 0) is 13.0 Å². The van der Waals surface area contributed by atoms with E-state index >= 15 is 0 Å². The number of hydrogen-bond donors (Lipinski definition) is 3. The van der Waals surface area contributed by atoms with E-state index in [-0.39, 0.29) is 0 Å². The van der Waals surface area contributed by atoms with Crippen molar-refractivity contribution in [3.63, 3.8) is 0 Å². The molecule has 3 N–H and O–H groups in total. The quantitative estimate of drug-likeness (QED) is 0.317. The standard InChI is InChI=1S/C21H27N5O2/c1-22-21(24-14-15-10-11-18(27-2)19(13-15)28-3)23-12-6-9-20-25-16-7-4-5-8-17(16)26-20/h4-5,7-8,10-11,13H,6,9,12,14H2,1-3H3,(H,25,26)(H2,22,23,24). The summed E-state index contributed by atoms with van der Waals surface area (Å²) in [7, 11) is 5.04. The number of methoxy groups -OCH3 is 2. The first kappa shape index (κ1) is 19.5. The zero-order valence-corrected chi connectivity index (χ0v) is 16.6. The summed E-state index contributed by atoms with van der Waals surface area (Å²) in [5, 5.41) is 6.65. The zero-order chi connectivity index (χ0) is 19.8. The van der Waals surface area contributed by atoms with Gasteiger partial charge in [0.25, 0.3) is 0 Å². The first-order valence-corrected chi connectivity index (χ1v) is 9.32. The lowest BCUT2D eigenvalue weighted by Crippen LogP contribution is -2.37. The fraction of sp³-hybridized carbons (Fsp3) is 0.333. The van der Waals surface area contributed by atoms with E-state index in [0.717, 1.165) is 59.3 Å². The molecule has 0 unspecified atom stereocenters. The molecule has 7 nitrogen and oxygen atoms in total. The predicted octanol–water partition coefficient (Wildman–Crippen LogP) is 2.88. The van der Waals surface area contributed by atoms with Crippen LogP contribution in [0, 0.1) is 0 Å². The van der Waals surface area contributed by atoms with Crippen LogP contribution in [0.1, 0.15) is 17.8 Å². The second-order valence-electron chi connectivity index (χ2n) is 6.35. The van der Waals surface area contributed by atoms with Gasteiger partial charge in [0.15, 0.2) is 17.5 Å². The third kappa shape index (κ3) is 4.94. The van der Waals surface area contributed by atoms with Crippen LogP contribution < -0.4 is 20.1 Å². The van der Waals surface area contributed by atoms with Crippen molar-refractivity contribution in [1.82, 2.24) is 20.6 Å². The Kier molecular flexibility index (Phi) is 6.73. The van der Waals surface area contributed by atoms with Crippen molar-refractivity contribution in [2.45, 2.75) is 19.4 Å². The second kappa shape index (κ2) is 9.64. The van der Waals surface area contributed by atoms with E-state index in [1.165, 1.54) is 0 Å². The van der Waals surface area contributed by atoms with E-state index < -0.39 is 0 Å². The molecular formula is C21H27N5O2. The van der Waals surface area contributed by atoms with Crippen molar-refractivity contribution in [2.24, 2.45) is 4.99 Å². The lowest BCUT2D eigenvalue weighted by Gasteiger charge is -2.13. The number of nitrogens with one attached hydrogen (secondary N) is 3. The van der Waals surface area contributed by atoms with Crippen LogP contribution in [0.4, 0.5) is 0 Å². The van der Waals surface area contributed by atoms with Gasteiger partial charge in [0, 0.05) is 26.6 Å². The Hall–Kier alpha value is -3.22. The molecule has 0 spiro atoms. The summed E-state index contributed by atoms with van der Waals surface area (Å²) >= 11 is 0. The van der Waals surface area contributed by atoms with Crippen LogP contribution in [0.5, 0.6) is 11.5 Å². The van der Waals surface area contributed by atoms with Crippen LogP contribution in [0.15, 0.2) is 47.5 Å². The number of aromatic nitrogens is 2. The molecule has 3 rings (SSSR count). The van der Waals surface area contributed by atoms with Crippen LogP contribution in [0.3, 0.4) is 0 Å². The second-order valence-corrected chi connectivity index (χ2v) is 6.35. The number of aryl methyl sites for hydroxylation is 1. The highest BCUT2D eigenvalue weighted by atomic mass is 16.5. The molecule has 0 atom stereocenters. The van der Waals surface area contributed by atoms with E-state index in [1.54, 1.807) is 21.3 Å². The summed E-state index contributed by atoms with van der Waals surface area (Å²) < 4.78 is 10.6. The molecule has 0 saturated carbocycles. The molecule has 0 aliphatic rings. The third-order valence-corrected chi connectivity index (χ3v) is 4.45. The molecule has 28 heavy (non-hydrogen) atoms. The lowest BCUT2D eigenvalue weighted by molar-refractivity contribution is 0.354. The summed E-state index contributed by atoms with van der Waals surface area (Å²) in [6, 6.07) is 13.9. The average molecular weight is 381 g/mol. The highest BCUT2D eigenvalue weighted by molar-refractivity contribution is 5.79. The topological polar surface area (TPSA) is 83.6 Å². The number of fused-ring (bicyclic) bond motifs is 1. The van der Waals surface area contributed by atoms with E-state index in [9.17, 15) is 0 Å². The summed E-state index contributed by atoms with van der Waals surface area (Å²) in [6.45, 7) is 1.45. The molecule has 0 radical (unpaired) electrons. The number of nitrogens with zero attached hydrogens (tertiary/aromatic N) is 2. The van der Waals surface area contributed by atoms with Gasteiger partial charge in [-0.05, 0) is 36.2 Å². The number of hydrogen-bond acceptors (Lipinski definition) is 4. The molecule has 1 heterocycles. The fourth-order valence-corrected chi connectivity index (χ4v) is 2.98. The van der Waals surface area contributed by atoms with E-state index in [1.807, 2.05) is 42.5 Å². The van der Waals surface area contributed by atoms with Gasteiger partial charge in [0.2, 0.25) is 0 Å². The van der Waals surface area contributed by atoms with Crippen LogP contribution in [0.2, 0.25) is 0 Å². The molecule has 0 saturated heterocycles. The fourth-order valence-electron chi connectivity index (χ4n) is 2.98. The third-order valence-electron chi connectivity index (χ3n) is 4.45. The first-order chi connectivity index (χ1) is 13.7. The molecule has 0 aliphatic carbocycles. The molecule has 3 aromatic rings. The molecule has 0 fully saturated rings. The van der Waals surface area contributed by atoms with Gasteiger partial charge in [0.05, 0.1) is 25.3 Å². The largest absolute Gasteiger partial charge is 0.493 e. The van der Waals surface area contributed by atoms with E-state index in [2.05, 4.69) is 25.6 Å². The van der Waals surface area contributed by atoms with Crippen LogP contribution in [0.25, 0.3) is 11.0 Å². The summed E-state index contributed by atoms with van der Waals surface area (Å²) in [6.07, 6.45) is 1.84. The maximum atomic E-state index is 5.35. The predicted molar refractivity (Wildman–Crippen MR) is 112 cm³/mol. The number of benzene rings is 2. The normalized spacial score (nSPS) is 11.5. The molecular weight excluding hydrogens is 354 g/mol. The van der Waals surface area contributed by atoms with Gasteiger partial charge >= 0.3 is 0 Å². The number of para-hydroxylation sites is 2. The van der Waals surface area contributed by atoms with Gasteiger partial charge in [0.1, 0.15) is 5.82 Å². The number of aliphatic imine (C=N–C) groups is 1. The minimum atomic E-state index is 0.642. The molecule has 0 amide bonds. The molecule has 148 valence electrons. The molecule has 7 heteroatoms. The number of H-pyrrole nitrogens is 1.